The molecule has 2 aliphatic rings. The van der Waals surface area contributed by atoms with Crippen LogP contribution in [-0.2, 0) is 4.79 Å². The van der Waals surface area contributed by atoms with Crippen molar-refractivity contribution < 1.29 is 9.53 Å². The molecule has 0 atom stereocenters. The van der Waals surface area contributed by atoms with E-state index in [1.807, 2.05) is 24.3 Å². The average molecular weight is 317 g/mol. The summed E-state index contributed by atoms with van der Waals surface area (Å²) in [6.45, 7) is 4.66. The van der Waals surface area contributed by atoms with Crippen LogP contribution < -0.4 is 10.1 Å². The Morgan fingerprint density at radius 2 is 1.78 bits per heavy atom. The Kier molecular flexibility index (Phi) is 5.51. The van der Waals surface area contributed by atoms with Crippen molar-refractivity contribution >= 4 is 11.6 Å². The van der Waals surface area contributed by atoms with Gasteiger partial charge in [0.15, 0.2) is 0 Å². The van der Waals surface area contributed by atoms with E-state index in [4.69, 9.17) is 4.74 Å². The van der Waals surface area contributed by atoms with Crippen molar-refractivity contribution in [3.63, 3.8) is 0 Å². The Morgan fingerprint density at radius 3 is 2.39 bits per heavy atom. The summed E-state index contributed by atoms with van der Waals surface area (Å²) in [5.41, 5.74) is 0.820. The summed E-state index contributed by atoms with van der Waals surface area (Å²) in [4.78, 5) is 17.0. The smallest absolute Gasteiger partial charge is 0.238 e. The summed E-state index contributed by atoms with van der Waals surface area (Å²) >= 11 is 0. The highest BCUT2D eigenvalue weighted by Gasteiger charge is 2.26. The second-order valence-electron chi connectivity index (χ2n) is 6.53. The van der Waals surface area contributed by atoms with Gasteiger partial charge in [-0.25, -0.2) is 0 Å². The summed E-state index contributed by atoms with van der Waals surface area (Å²) in [5, 5.41) is 2.96. The van der Waals surface area contributed by atoms with E-state index in [0.717, 1.165) is 43.7 Å². The summed E-state index contributed by atoms with van der Waals surface area (Å²) in [6.07, 6.45) is 5.49. The van der Waals surface area contributed by atoms with Crippen molar-refractivity contribution in [1.82, 2.24) is 9.80 Å². The van der Waals surface area contributed by atoms with Crippen molar-refractivity contribution in [3.05, 3.63) is 24.3 Å². The van der Waals surface area contributed by atoms with Crippen molar-refractivity contribution in [2.45, 2.75) is 31.7 Å². The molecule has 1 aliphatic carbocycles. The molecule has 5 nitrogen and oxygen atoms in total. The van der Waals surface area contributed by atoms with Crippen LogP contribution in [0.25, 0.3) is 0 Å². The fourth-order valence-corrected chi connectivity index (χ4v) is 3.63. The lowest BCUT2D eigenvalue weighted by molar-refractivity contribution is -0.117. The number of amides is 1. The molecule has 5 heteroatoms. The standard InChI is InChI=1S/C18H27N3O2/c1-23-17-8-6-15(7-9-17)19-18(22)14-20-10-12-21(13-11-20)16-4-2-3-5-16/h6-9,16H,2-5,10-14H2,1H3,(H,19,22). The summed E-state index contributed by atoms with van der Waals surface area (Å²) in [7, 11) is 1.64. The number of carbonyl (C=O) groups excluding carboxylic acids is 1. The molecule has 0 aromatic heterocycles. The van der Waals surface area contributed by atoms with Crippen molar-refractivity contribution in [1.29, 1.82) is 0 Å². The Balaban J connectivity index is 1.41. The van der Waals surface area contributed by atoms with Gasteiger partial charge >= 0.3 is 0 Å². The number of methoxy groups -OCH3 is 1. The van der Waals surface area contributed by atoms with Crippen LogP contribution in [0.1, 0.15) is 25.7 Å². The number of rotatable bonds is 5. The van der Waals surface area contributed by atoms with Crippen LogP contribution in [0, 0.1) is 0 Å². The monoisotopic (exact) mass is 317 g/mol. The molecule has 1 aromatic rings. The Labute approximate surface area is 138 Å². The summed E-state index contributed by atoms with van der Waals surface area (Å²) in [5.74, 6) is 0.857. The SMILES string of the molecule is COc1ccc(NC(=O)CN2CCN(C3CCCC3)CC2)cc1. The highest BCUT2D eigenvalue weighted by molar-refractivity contribution is 5.92. The van der Waals surface area contributed by atoms with Gasteiger partial charge in [0.2, 0.25) is 5.91 Å². The summed E-state index contributed by atoms with van der Waals surface area (Å²) in [6, 6.07) is 8.25. The van der Waals surface area contributed by atoms with Gasteiger partial charge in [-0.15, -0.1) is 0 Å². The zero-order chi connectivity index (χ0) is 16.1. The fourth-order valence-electron chi connectivity index (χ4n) is 3.63. The van der Waals surface area contributed by atoms with Gasteiger partial charge in [-0.3, -0.25) is 14.6 Å². The second kappa shape index (κ2) is 7.79. The zero-order valence-electron chi connectivity index (χ0n) is 14.0. The van der Waals surface area contributed by atoms with Crippen LogP contribution in [0.4, 0.5) is 5.69 Å². The molecule has 0 bridgehead atoms. The number of hydrogen-bond donors (Lipinski definition) is 1. The maximum Gasteiger partial charge on any atom is 0.238 e. The Bertz CT molecular complexity index is 504. The minimum atomic E-state index is 0.0597. The number of carbonyl (C=O) groups is 1. The van der Waals surface area contributed by atoms with E-state index in [1.165, 1.54) is 25.7 Å². The van der Waals surface area contributed by atoms with E-state index >= 15 is 0 Å². The highest BCUT2D eigenvalue weighted by atomic mass is 16.5. The molecule has 23 heavy (non-hydrogen) atoms. The normalized spacial score (nSPS) is 20.6. The molecule has 1 N–H and O–H groups in total. The van der Waals surface area contributed by atoms with Gasteiger partial charge < -0.3 is 10.1 Å². The molecule has 126 valence electrons. The largest absolute Gasteiger partial charge is 0.497 e. The van der Waals surface area contributed by atoms with E-state index < -0.39 is 0 Å². The molecule has 2 fully saturated rings. The molecule has 0 radical (unpaired) electrons. The van der Waals surface area contributed by atoms with E-state index in [1.54, 1.807) is 7.11 Å². The predicted molar refractivity (Wildman–Crippen MR) is 91.9 cm³/mol. The van der Waals surface area contributed by atoms with Crippen LogP contribution in [0.5, 0.6) is 5.75 Å². The first kappa shape index (κ1) is 16.3. The van der Waals surface area contributed by atoms with Crippen molar-refractivity contribution in [3.8, 4) is 5.75 Å². The van der Waals surface area contributed by atoms with Crippen molar-refractivity contribution in [2.24, 2.45) is 0 Å². The van der Waals surface area contributed by atoms with E-state index in [0.29, 0.717) is 6.54 Å². The number of ether oxygens (including phenoxy) is 1. The van der Waals surface area contributed by atoms with Gasteiger partial charge in [-0.1, -0.05) is 12.8 Å². The lowest BCUT2D eigenvalue weighted by Gasteiger charge is -2.37. The minimum absolute atomic E-state index is 0.0597. The van der Waals surface area contributed by atoms with Crippen LogP contribution >= 0.6 is 0 Å². The number of nitrogens with one attached hydrogen (secondary N) is 1. The molecule has 1 aliphatic heterocycles. The topological polar surface area (TPSA) is 44.8 Å². The second-order valence-corrected chi connectivity index (χ2v) is 6.53. The number of hydrogen-bond acceptors (Lipinski definition) is 4. The van der Waals surface area contributed by atoms with Gasteiger partial charge in [0, 0.05) is 37.9 Å². The van der Waals surface area contributed by atoms with Gasteiger partial charge in [0.25, 0.3) is 0 Å². The maximum atomic E-state index is 12.2. The third-order valence-corrected chi connectivity index (χ3v) is 4.99. The van der Waals surface area contributed by atoms with Crippen molar-refractivity contribution in [2.75, 3.05) is 45.2 Å². The van der Waals surface area contributed by atoms with Gasteiger partial charge in [-0.2, -0.15) is 0 Å². The number of benzene rings is 1. The minimum Gasteiger partial charge on any atom is -0.497 e. The zero-order valence-corrected chi connectivity index (χ0v) is 14.0. The lowest BCUT2D eigenvalue weighted by Crippen LogP contribution is -2.51. The molecular weight excluding hydrogens is 290 g/mol. The highest BCUT2D eigenvalue weighted by Crippen LogP contribution is 2.24. The fraction of sp³-hybridized carbons (Fsp3) is 0.611. The Hall–Kier alpha value is -1.59. The first-order chi connectivity index (χ1) is 11.2. The first-order valence-electron chi connectivity index (χ1n) is 8.65. The van der Waals surface area contributed by atoms with E-state index in [9.17, 15) is 4.79 Å². The average Bonchev–Trinajstić information content (AvgIpc) is 3.11. The Morgan fingerprint density at radius 1 is 1.13 bits per heavy atom. The number of nitrogens with zero attached hydrogens (tertiary/aromatic N) is 2. The molecule has 1 heterocycles. The van der Waals surface area contributed by atoms with Crippen LogP contribution in [-0.4, -0.2) is 61.6 Å². The first-order valence-corrected chi connectivity index (χ1v) is 8.65. The molecule has 1 saturated carbocycles. The molecule has 3 rings (SSSR count). The third-order valence-electron chi connectivity index (χ3n) is 4.99. The van der Waals surface area contributed by atoms with Crippen LogP contribution in [0.15, 0.2) is 24.3 Å². The molecule has 1 aromatic carbocycles. The van der Waals surface area contributed by atoms with Crippen LogP contribution in [0.3, 0.4) is 0 Å². The third kappa shape index (κ3) is 4.45. The van der Waals surface area contributed by atoms with Gasteiger partial charge in [0.05, 0.1) is 13.7 Å². The van der Waals surface area contributed by atoms with Crippen LogP contribution in [0.2, 0.25) is 0 Å². The maximum absolute atomic E-state index is 12.2. The predicted octanol–water partition coefficient (Wildman–Crippen LogP) is 2.19. The molecule has 0 spiro atoms. The lowest BCUT2D eigenvalue weighted by atomic mass is 10.2. The number of piperazine rings is 1. The quantitative estimate of drug-likeness (QED) is 0.904. The molecule has 1 amide bonds. The summed E-state index contributed by atoms with van der Waals surface area (Å²) < 4.78 is 5.12. The molecule has 0 unspecified atom stereocenters. The van der Waals surface area contributed by atoms with E-state index in [2.05, 4.69) is 15.1 Å². The van der Waals surface area contributed by atoms with Gasteiger partial charge in [-0.05, 0) is 37.1 Å². The van der Waals surface area contributed by atoms with Gasteiger partial charge in [0.1, 0.15) is 5.75 Å². The molecular formula is C18H27N3O2. The molecule has 1 saturated heterocycles. The number of anilines is 1. The van der Waals surface area contributed by atoms with E-state index in [-0.39, 0.29) is 5.91 Å².